The quantitative estimate of drug-likeness (QED) is 0.718. The number of hydrogen-bond acceptors (Lipinski definition) is 8. The van der Waals surface area contributed by atoms with E-state index >= 15 is 0 Å². The molecule has 0 spiro atoms. The molecule has 2 unspecified atom stereocenters. The number of H-pyrrole nitrogens is 1. The monoisotopic (exact) mass is 426 g/mol. The molecule has 166 valence electrons. The van der Waals surface area contributed by atoms with Gasteiger partial charge in [0.1, 0.15) is 11.4 Å². The fraction of sp³-hybridized carbons (Fsp3) is 0.619. The normalized spacial score (nSPS) is 26.3. The van der Waals surface area contributed by atoms with Crippen molar-refractivity contribution in [3.8, 4) is 0 Å². The number of carbonyl (C=O) groups is 1. The predicted octanol–water partition coefficient (Wildman–Crippen LogP) is 0.638. The van der Waals surface area contributed by atoms with Gasteiger partial charge in [0.2, 0.25) is 0 Å². The number of nitrogens with zero attached hydrogens (tertiary/aromatic N) is 6. The number of nitrogens with one attached hydrogen (secondary N) is 2. The third-order valence-corrected chi connectivity index (χ3v) is 6.50. The number of likely N-dealkylation sites (N-methyl/N-ethyl adjacent to an activating group) is 1. The lowest BCUT2D eigenvalue weighted by molar-refractivity contribution is 0.0301. The summed E-state index contributed by atoms with van der Waals surface area (Å²) in [4.78, 5) is 19.4. The molecule has 0 aliphatic carbocycles. The van der Waals surface area contributed by atoms with E-state index in [1.807, 2.05) is 0 Å². The first kappa shape index (κ1) is 20.2. The van der Waals surface area contributed by atoms with E-state index < -0.39 is 0 Å². The van der Waals surface area contributed by atoms with Crippen LogP contribution in [0.4, 0.5) is 11.5 Å². The van der Waals surface area contributed by atoms with Crippen molar-refractivity contribution in [2.24, 2.45) is 0 Å². The van der Waals surface area contributed by atoms with Crippen molar-refractivity contribution in [2.75, 3.05) is 49.6 Å². The highest BCUT2D eigenvalue weighted by Crippen LogP contribution is 2.32. The van der Waals surface area contributed by atoms with Gasteiger partial charge in [-0.1, -0.05) is 0 Å². The van der Waals surface area contributed by atoms with Crippen LogP contribution < -0.4 is 15.1 Å². The minimum Gasteiger partial charge on any atom is -0.371 e. The molecule has 2 N–H and O–H groups in total. The molecule has 3 atom stereocenters. The standard InChI is InChI=1S/C21H30N8O2/c1-14-11-27(2)7-8-29(14)19-9-20(28-12-15-3-4-16(13-28)31-15)26-25-18(19)10-22-21(30)17-5-6-23-24-17/h5-6,9,14-16H,3-4,7-8,10-13H2,1-2H3,(H,22,30)(H,23,24)/t14-,15?,16?/m1/s1. The maximum absolute atomic E-state index is 12.4. The molecule has 3 fully saturated rings. The minimum atomic E-state index is -0.203. The van der Waals surface area contributed by atoms with Gasteiger partial charge in [-0.3, -0.25) is 9.89 Å². The molecule has 2 aromatic heterocycles. The van der Waals surface area contributed by atoms with Gasteiger partial charge in [-0.15, -0.1) is 10.2 Å². The van der Waals surface area contributed by atoms with Crippen molar-refractivity contribution in [1.29, 1.82) is 0 Å². The Morgan fingerprint density at radius 3 is 2.74 bits per heavy atom. The average Bonchev–Trinajstić information content (AvgIpc) is 3.42. The lowest BCUT2D eigenvalue weighted by Crippen LogP contribution is -2.51. The van der Waals surface area contributed by atoms with Crippen LogP contribution in [0.25, 0.3) is 0 Å². The molecule has 5 rings (SSSR count). The number of hydrogen-bond donors (Lipinski definition) is 2. The van der Waals surface area contributed by atoms with E-state index in [2.05, 4.69) is 60.4 Å². The van der Waals surface area contributed by atoms with Crippen LogP contribution in [0.2, 0.25) is 0 Å². The molecule has 0 radical (unpaired) electrons. The van der Waals surface area contributed by atoms with Crippen LogP contribution in [0, 0.1) is 0 Å². The number of aromatic nitrogens is 4. The highest BCUT2D eigenvalue weighted by atomic mass is 16.5. The Morgan fingerprint density at radius 1 is 1.23 bits per heavy atom. The summed E-state index contributed by atoms with van der Waals surface area (Å²) in [6.45, 7) is 7.16. The van der Waals surface area contributed by atoms with Crippen molar-refractivity contribution >= 4 is 17.4 Å². The lowest BCUT2D eigenvalue weighted by atomic mass is 10.1. The highest BCUT2D eigenvalue weighted by molar-refractivity contribution is 5.92. The number of carbonyl (C=O) groups excluding carboxylic acids is 1. The lowest BCUT2D eigenvalue weighted by Gasteiger charge is -2.41. The summed E-state index contributed by atoms with van der Waals surface area (Å²) >= 11 is 0. The van der Waals surface area contributed by atoms with Crippen LogP contribution in [0.5, 0.6) is 0 Å². The van der Waals surface area contributed by atoms with Crippen LogP contribution in [0.15, 0.2) is 18.3 Å². The predicted molar refractivity (Wildman–Crippen MR) is 116 cm³/mol. The summed E-state index contributed by atoms with van der Waals surface area (Å²) in [5.74, 6) is 0.690. The van der Waals surface area contributed by atoms with Gasteiger partial charge in [-0.05, 0) is 32.9 Å². The largest absolute Gasteiger partial charge is 0.371 e. The molecule has 2 aromatic rings. The second kappa shape index (κ2) is 8.43. The maximum Gasteiger partial charge on any atom is 0.269 e. The van der Waals surface area contributed by atoms with Gasteiger partial charge >= 0.3 is 0 Å². The Bertz CT molecular complexity index is 908. The van der Waals surface area contributed by atoms with E-state index in [4.69, 9.17) is 4.74 Å². The zero-order chi connectivity index (χ0) is 21.4. The Balaban J connectivity index is 1.40. The van der Waals surface area contributed by atoms with Crippen LogP contribution in [-0.2, 0) is 11.3 Å². The number of ether oxygens (including phenoxy) is 1. The summed E-state index contributed by atoms with van der Waals surface area (Å²) in [6.07, 6.45) is 4.39. The van der Waals surface area contributed by atoms with Crippen LogP contribution in [-0.4, -0.2) is 89.2 Å². The van der Waals surface area contributed by atoms with E-state index in [0.29, 0.717) is 30.5 Å². The van der Waals surface area contributed by atoms with E-state index in [9.17, 15) is 4.79 Å². The second-order valence-corrected chi connectivity index (χ2v) is 8.85. The summed E-state index contributed by atoms with van der Waals surface area (Å²) in [5, 5.41) is 18.6. The number of morpholine rings is 1. The first-order valence-corrected chi connectivity index (χ1v) is 11.1. The summed E-state index contributed by atoms with van der Waals surface area (Å²) in [5.41, 5.74) is 2.27. The molecule has 1 amide bonds. The highest BCUT2D eigenvalue weighted by Gasteiger charge is 2.35. The van der Waals surface area contributed by atoms with E-state index in [1.54, 1.807) is 12.3 Å². The summed E-state index contributed by atoms with van der Waals surface area (Å²) < 4.78 is 5.99. The van der Waals surface area contributed by atoms with E-state index in [-0.39, 0.29) is 5.91 Å². The van der Waals surface area contributed by atoms with Gasteiger partial charge in [-0.25, -0.2) is 0 Å². The van der Waals surface area contributed by atoms with Crippen molar-refractivity contribution in [3.63, 3.8) is 0 Å². The van der Waals surface area contributed by atoms with Gasteiger partial charge < -0.3 is 24.8 Å². The third-order valence-electron chi connectivity index (χ3n) is 6.50. The van der Waals surface area contributed by atoms with Gasteiger partial charge in [0, 0.05) is 51.0 Å². The Kier molecular flexibility index (Phi) is 5.49. The molecule has 5 heterocycles. The fourth-order valence-corrected chi connectivity index (χ4v) is 4.87. The first-order valence-electron chi connectivity index (χ1n) is 11.1. The molecule has 3 aliphatic heterocycles. The fourth-order valence-electron chi connectivity index (χ4n) is 4.87. The first-order chi connectivity index (χ1) is 15.1. The molecule has 3 saturated heterocycles. The van der Waals surface area contributed by atoms with Crippen molar-refractivity contribution in [1.82, 2.24) is 30.6 Å². The number of aromatic amines is 1. The van der Waals surface area contributed by atoms with Gasteiger partial charge in [-0.2, -0.15) is 5.10 Å². The molecule has 10 heteroatoms. The number of amides is 1. The average molecular weight is 427 g/mol. The van der Waals surface area contributed by atoms with Gasteiger partial charge in [0.05, 0.1) is 24.4 Å². The Hall–Kier alpha value is -2.72. The number of rotatable bonds is 5. The van der Waals surface area contributed by atoms with Crippen molar-refractivity contribution in [2.45, 2.75) is 44.6 Å². The molecule has 10 nitrogen and oxygen atoms in total. The summed E-state index contributed by atoms with van der Waals surface area (Å²) in [6, 6.07) is 4.15. The van der Waals surface area contributed by atoms with Gasteiger partial charge in [0.25, 0.3) is 5.91 Å². The van der Waals surface area contributed by atoms with E-state index in [1.165, 1.54) is 0 Å². The molecular formula is C21H30N8O2. The zero-order valence-corrected chi connectivity index (χ0v) is 18.1. The smallest absolute Gasteiger partial charge is 0.269 e. The Labute approximate surface area is 181 Å². The zero-order valence-electron chi connectivity index (χ0n) is 18.1. The molecular weight excluding hydrogens is 396 g/mol. The molecule has 0 aromatic carbocycles. The third kappa shape index (κ3) is 4.22. The second-order valence-electron chi connectivity index (χ2n) is 8.85. The topological polar surface area (TPSA) is 103 Å². The van der Waals surface area contributed by atoms with Crippen LogP contribution in [0.1, 0.15) is 35.9 Å². The van der Waals surface area contributed by atoms with Gasteiger partial charge in [0.15, 0.2) is 5.82 Å². The van der Waals surface area contributed by atoms with Crippen LogP contribution >= 0.6 is 0 Å². The minimum absolute atomic E-state index is 0.203. The summed E-state index contributed by atoms with van der Waals surface area (Å²) in [7, 11) is 2.15. The molecule has 31 heavy (non-hydrogen) atoms. The van der Waals surface area contributed by atoms with Crippen LogP contribution in [0.3, 0.4) is 0 Å². The number of fused-ring (bicyclic) bond motifs is 2. The molecule has 3 aliphatic rings. The van der Waals surface area contributed by atoms with E-state index in [0.717, 1.165) is 62.8 Å². The molecule has 0 saturated carbocycles. The SMILES string of the molecule is C[C@@H]1CN(C)CCN1c1cc(N2CC3CCC(C2)O3)nnc1CNC(=O)c1ccn[nH]1. The number of anilines is 2. The molecule has 2 bridgehead atoms. The maximum atomic E-state index is 12.4. The Morgan fingerprint density at radius 2 is 2.03 bits per heavy atom. The number of piperazine rings is 1. The van der Waals surface area contributed by atoms with Crippen molar-refractivity contribution < 1.29 is 9.53 Å². The van der Waals surface area contributed by atoms with Crippen molar-refractivity contribution in [3.05, 3.63) is 29.7 Å².